The van der Waals surface area contributed by atoms with Crippen molar-refractivity contribution < 1.29 is 28.7 Å². The fourth-order valence-corrected chi connectivity index (χ4v) is 6.64. The smallest absolute Gasteiger partial charge is 0.247 e. The third kappa shape index (κ3) is 9.15. The average molecular weight is 696 g/mol. The number of methoxy groups -OCH3 is 1. The Balaban J connectivity index is 1.49. The summed E-state index contributed by atoms with van der Waals surface area (Å²) >= 11 is 0. The molecule has 3 aromatic rings. The highest BCUT2D eigenvalue weighted by atomic mass is 16.5. The molecule has 2 aliphatic rings. The zero-order chi connectivity index (χ0) is 36.5. The molecule has 2 heterocycles. The van der Waals surface area contributed by atoms with Crippen molar-refractivity contribution in [1.29, 1.82) is 0 Å². The predicted octanol–water partition coefficient (Wildman–Crippen LogP) is 3.58. The van der Waals surface area contributed by atoms with Gasteiger partial charge in [0.25, 0.3) is 0 Å². The van der Waals surface area contributed by atoms with E-state index in [4.69, 9.17) is 9.47 Å². The molecule has 2 bridgehead atoms. The Hall–Kier alpha value is -5.16. The number of ether oxygens (including phenoxy) is 2. The number of fused-ring (bicyclic) bond motifs is 3. The molecule has 0 unspecified atom stereocenters. The zero-order valence-electron chi connectivity index (χ0n) is 30.0. The summed E-state index contributed by atoms with van der Waals surface area (Å²) in [5.41, 5.74) is 2.53. The van der Waals surface area contributed by atoms with Crippen LogP contribution in [0, 0.1) is 5.92 Å². The van der Waals surface area contributed by atoms with E-state index in [-0.39, 0.29) is 30.7 Å². The van der Waals surface area contributed by atoms with Gasteiger partial charge in [0, 0.05) is 31.1 Å². The van der Waals surface area contributed by atoms with Crippen molar-refractivity contribution in [2.45, 2.75) is 69.8 Å². The maximum absolute atomic E-state index is 14.7. The van der Waals surface area contributed by atoms with Crippen LogP contribution in [0.4, 0.5) is 0 Å². The summed E-state index contributed by atoms with van der Waals surface area (Å²) in [7, 11) is 5.24. The summed E-state index contributed by atoms with van der Waals surface area (Å²) in [6.07, 6.45) is 4.19. The lowest BCUT2D eigenvalue weighted by molar-refractivity contribution is -0.144. The van der Waals surface area contributed by atoms with E-state index < -0.39 is 42.1 Å². The molecular weight excluding hydrogens is 646 g/mol. The lowest BCUT2D eigenvalue weighted by Gasteiger charge is -2.33. The molecule has 0 aliphatic carbocycles. The van der Waals surface area contributed by atoms with Gasteiger partial charge in [0.2, 0.25) is 23.6 Å². The van der Waals surface area contributed by atoms with Crippen LogP contribution in [-0.4, -0.2) is 91.4 Å². The number of benzene rings is 3. The van der Waals surface area contributed by atoms with Gasteiger partial charge in [-0.1, -0.05) is 80.9 Å². The second kappa shape index (κ2) is 17.2. The molecule has 11 heteroatoms. The number of hydrogen-bond donors (Lipinski definition) is 3. The SMILES string of the molecule is CC[C@H](C)[C@@H]1NC(=O)[C@H]2[C@@H](CCN2C(=O)[C@H](Cc2ccccc2)NC(=O)[C@H](Cc2ccccc2)N(C)C)Oc2ccc(OC)c(c2)C=CNC1=O. The second-order valence-electron chi connectivity index (χ2n) is 13.5. The molecule has 0 spiro atoms. The largest absolute Gasteiger partial charge is 0.496 e. The predicted molar refractivity (Wildman–Crippen MR) is 196 cm³/mol. The topological polar surface area (TPSA) is 129 Å². The van der Waals surface area contributed by atoms with Gasteiger partial charge in [-0.05, 0) is 61.8 Å². The molecule has 0 aromatic heterocycles. The molecule has 6 atom stereocenters. The van der Waals surface area contributed by atoms with Crippen LogP contribution in [0.1, 0.15) is 43.4 Å². The van der Waals surface area contributed by atoms with Crippen molar-refractivity contribution in [3.63, 3.8) is 0 Å². The molecule has 51 heavy (non-hydrogen) atoms. The molecule has 3 N–H and O–H groups in total. The first-order valence-corrected chi connectivity index (χ1v) is 17.6. The highest BCUT2D eigenvalue weighted by molar-refractivity contribution is 5.96. The van der Waals surface area contributed by atoms with Gasteiger partial charge in [0.05, 0.1) is 13.2 Å². The zero-order valence-corrected chi connectivity index (χ0v) is 30.0. The highest BCUT2D eigenvalue weighted by Crippen LogP contribution is 2.30. The van der Waals surface area contributed by atoms with Crippen LogP contribution in [0.15, 0.2) is 85.1 Å². The molecule has 11 nitrogen and oxygen atoms in total. The summed E-state index contributed by atoms with van der Waals surface area (Å²) in [6, 6.07) is 21.1. The second-order valence-corrected chi connectivity index (χ2v) is 13.5. The van der Waals surface area contributed by atoms with Crippen molar-refractivity contribution in [3.8, 4) is 11.5 Å². The van der Waals surface area contributed by atoms with Gasteiger partial charge in [-0.2, -0.15) is 0 Å². The van der Waals surface area contributed by atoms with Gasteiger partial charge < -0.3 is 30.3 Å². The Morgan fingerprint density at radius 3 is 2.27 bits per heavy atom. The van der Waals surface area contributed by atoms with E-state index in [1.807, 2.05) is 93.5 Å². The maximum atomic E-state index is 14.7. The van der Waals surface area contributed by atoms with Crippen molar-refractivity contribution in [1.82, 2.24) is 25.8 Å². The Morgan fingerprint density at radius 2 is 1.65 bits per heavy atom. The van der Waals surface area contributed by atoms with E-state index in [1.165, 1.54) is 11.1 Å². The first-order valence-electron chi connectivity index (χ1n) is 17.6. The molecule has 0 radical (unpaired) electrons. The fourth-order valence-electron chi connectivity index (χ4n) is 6.64. The molecule has 4 amide bonds. The van der Waals surface area contributed by atoms with Crippen molar-refractivity contribution in [2.24, 2.45) is 5.92 Å². The summed E-state index contributed by atoms with van der Waals surface area (Å²) in [6.45, 7) is 4.06. The number of carbonyl (C=O) groups is 4. The van der Waals surface area contributed by atoms with Crippen LogP contribution >= 0.6 is 0 Å². The van der Waals surface area contributed by atoms with E-state index in [9.17, 15) is 19.2 Å². The lowest BCUT2D eigenvalue weighted by atomic mass is 9.97. The minimum absolute atomic E-state index is 0.203. The number of amides is 4. The monoisotopic (exact) mass is 695 g/mol. The fraction of sp³-hybridized carbons (Fsp3) is 0.400. The minimum atomic E-state index is -1.07. The van der Waals surface area contributed by atoms with Crippen molar-refractivity contribution in [3.05, 3.63) is 102 Å². The molecule has 3 aromatic carbocycles. The molecule has 5 rings (SSSR count). The first-order chi connectivity index (χ1) is 24.6. The summed E-state index contributed by atoms with van der Waals surface area (Å²) < 4.78 is 12.0. The average Bonchev–Trinajstić information content (AvgIpc) is 3.55. The van der Waals surface area contributed by atoms with E-state index in [0.29, 0.717) is 36.3 Å². The Morgan fingerprint density at radius 1 is 0.980 bits per heavy atom. The van der Waals surface area contributed by atoms with Crippen LogP contribution in [0.2, 0.25) is 0 Å². The van der Waals surface area contributed by atoms with Crippen LogP contribution in [0.25, 0.3) is 6.08 Å². The molecule has 0 saturated carbocycles. The number of carbonyl (C=O) groups excluding carboxylic acids is 4. The number of nitrogens with one attached hydrogen (secondary N) is 3. The van der Waals surface area contributed by atoms with Crippen LogP contribution in [0.5, 0.6) is 11.5 Å². The standard InChI is InChI=1S/C40H49N5O6/c1-6-26(2)35-38(47)41-21-19-29-25-30(17-18-33(29)50-5)51-34-20-22-45(36(34)39(48)43-35)40(49)31(23-27-13-9-7-10-14-27)42-37(46)32(44(3)4)24-28-15-11-8-12-16-28/h7-19,21,25-26,31-32,34-36H,6,20,22-24H2,1-5H3,(H,41,47)(H,42,46)(H,43,48)/t26-,31-,32-,34+,35-,36+/m0/s1. The molecule has 1 fully saturated rings. The van der Waals surface area contributed by atoms with E-state index >= 15 is 0 Å². The van der Waals surface area contributed by atoms with Gasteiger partial charge in [0.1, 0.15) is 35.7 Å². The first kappa shape index (κ1) is 37.1. The van der Waals surface area contributed by atoms with Crippen LogP contribution < -0.4 is 25.4 Å². The Bertz CT molecular complexity index is 1700. The molecule has 1 saturated heterocycles. The maximum Gasteiger partial charge on any atom is 0.247 e. The van der Waals surface area contributed by atoms with Crippen LogP contribution in [0.3, 0.4) is 0 Å². The van der Waals surface area contributed by atoms with Crippen molar-refractivity contribution in [2.75, 3.05) is 27.7 Å². The van der Waals surface area contributed by atoms with E-state index in [0.717, 1.165) is 11.1 Å². The van der Waals surface area contributed by atoms with Gasteiger partial charge in [-0.25, -0.2) is 0 Å². The Kier molecular flexibility index (Phi) is 12.5. The van der Waals surface area contributed by atoms with Gasteiger partial charge in [-0.3, -0.25) is 24.1 Å². The summed E-state index contributed by atoms with van der Waals surface area (Å²) in [5, 5.41) is 8.82. The van der Waals surface area contributed by atoms with Gasteiger partial charge in [-0.15, -0.1) is 0 Å². The Labute approximate surface area is 300 Å². The molecular formula is C40H49N5O6. The quantitative estimate of drug-likeness (QED) is 0.280. The van der Waals surface area contributed by atoms with Gasteiger partial charge >= 0.3 is 0 Å². The lowest BCUT2D eigenvalue weighted by Crippen LogP contribution is -2.60. The minimum Gasteiger partial charge on any atom is -0.496 e. The van der Waals surface area contributed by atoms with Crippen molar-refractivity contribution >= 4 is 29.7 Å². The summed E-state index contributed by atoms with van der Waals surface area (Å²) in [5.74, 6) is -0.704. The van der Waals surface area contributed by atoms with Gasteiger partial charge in [0.15, 0.2) is 0 Å². The molecule has 270 valence electrons. The third-order valence-electron chi connectivity index (χ3n) is 9.76. The summed E-state index contributed by atoms with van der Waals surface area (Å²) in [4.78, 5) is 59.8. The highest BCUT2D eigenvalue weighted by Gasteiger charge is 2.46. The third-order valence-corrected chi connectivity index (χ3v) is 9.76. The molecule has 2 aliphatic heterocycles. The van der Waals surface area contributed by atoms with Crippen LogP contribution in [-0.2, 0) is 32.0 Å². The number of likely N-dealkylation sites (tertiary alicyclic amines) is 1. The number of hydrogen-bond acceptors (Lipinski definition) is 7. The van der Waals surface area contributed by atoms with E-state index in [1.54, 1.807) is 31.4 Å². The number of rotatable bonds is 11. The number of likely N-dealkylation sites (N-methyl/N-ethyl adjacent to an activating group) is 1. The van der Waals surface area contributed by atoms with E-state index in [2.05, 4.69) is 16.0 Å². The number of nitrogens with zero attached hydrogens (tertiary/aromatic N) is 2. The normalized spacial score (nSPS) is 20.7.